The lowest BCUT2D eigenvalue weighted by atomic mass is 9.87. The minimum absolute atomic E-state index is 0.130. The van der Waals surface area contributed by atoms with Gasteiger partial charge in [0.1, 0.15) is 24.1 Å². The van der Waals surface area contributed by atoms with Crippen molar-refractivity contribution in [3.8, 4) is 23.2 Å². The maximum Gasteiger partial charge on any atom is 0.335 e. The summed E-state index contributed by atoms with van der Waals surface area (Å²) in [4.78, 5) is 20.9. The molecule has 0 aliphatic carbocycles. The number of nitrogens with zero attached hydrogens (tertiary/aromatic N) is 4. The molecular formula is C34H27ClF2N4O4. The molecule has 3 aromatic carbocycles. The Labute approximate surface area is 262 Å². The van der Waals surface area contributed by atoms with E-state index >= 15 is 4.39 Å². The summed E-state index contributed by atoms with van der Waals surface area (Å²) in [6.07, 6.45) is 0.187. The minimum atomic E-state index is -1.04. The van der Waals surface area contributed by atoms with Crippen LogP contribution in [-0.4, -0.2) is 38.8 Å². The number of aromatic nitrogens is 3. The van der Waals surface area contributed by atoms with E-state index in [1.54, 1.807) is 30.3 Å². The Hall–Kier alpha value is -4.85. The summed E-state index contributed by atoms with van der Waals surface area (Å²) < 4.78 is 43.4. The van der Waals surface area contributed by atoms with Gasteiger partial charge in [-0.1, -0.05) is 37.6 Å². The van der Waals surface area contributed by atoms with Gasteiger partial charge in [0.05, 0.1) is 53.2 Å². The van der Waals surface area contributed by atoms with Crippen molar-refractivity contribution < 1.29 is 28.2 Å². The van der Waals surface area contributed by atoms with E-state index in [1.165, 1.54) is 30.3 Å². The molecule has 6 rings (SSSR count). The average Bonchev–Trinajstić information content (AvgIpc) is 3.55. The van der Waals surface area contributed by atoms with E-state index in [1.807, 2.05) is 10.6 Å². The number of hydrogen-bond donors (Lipinski definition) is 1. The molecule has 1 atom stereocenters. The van der Waals surface area contributed by atoms with Gasteiger partial charge in [0.15, 0.2) is 0 Å². The molecule has 5 aromatic rings. The van der Waals surface area contributed by atoms with Crippen LogP contribution in [0.5, 0.6) is 5.88 Å². The van der Waals surface area contributed by atoms with Crippen LogP contribution in [0.25, 0.3) is 22.3 Å². The van der Waals surface area contributed by atoms with Crippen LogP contribution in [0.1, 0.15) is 52.8 Å². The average molecular weight is 629 g/mol. The summed E-state index contributed by atoms with van der Waals surface area (Å²) in [5.74, 6) is -1.41. The smallest absolute Gasteiger partial charge is 0.335 e. The number of carboxylic acids is 1. The largest absolute Gasteiger partial charge is 0.478 e. The van der Waals surface area contributed by atoms with Crippen LogP contribution in [0.3, 0.4) is 0 Å². The van der Waals surface area contributed by atoms with Gasteiger partial charge < -0.3 is 19.1 Å². The van der Waals surface area contributed by atoms with Crippen LogP contribution in [0.4, 0.5) is 8.78 Å². The van der Waals surface area contributed by atoms with Crippen molar-refractivity contribution in [1.29, 1.82) is 5.26 Å². The van der Waals surface area contributed by atoms with Gasteiger partial charge in [-0.2, -0.15) is 5.26 Å². The van der Waals surface area contributed by atoms with Crippen LogP contribution < -0.4 is 4.74 Å². The summed E-state index contributed by atoms with van der Waals surface area (Å²) in [5.41, 5.74) is 2.53. The van der Waals surface area contributed by atoms with Gasteiger partial charge in [-0.05, 0) is 54.1 Å². The summed E-state index contributed by atoms with van der Waals surface area (Å²) >= 11 is 6.73. The van der Waals surface area contributed by atoms with Crippen LogP contribution in [0.2, 0.25) is 5.02 Å². The second-order valence-electron chi connectivity index (χ2n) is 11.6. The first kappa shape index (κ1) is 30.2. The zero-order valence-electron chi connectivity index (χ0n) is 24.4. The molecule has 0 unspecified atom stereocenters. The second-order valence-corrected chi connectivity index (χ2v) is 12.0. The van der Waals surface area contributed by atoms with Gasteiger partial charge in [0, 0.05) is 34.1 Å². The third-order valence-electron chi connectivity index (χ3n) is 8.01. The number of fused-ring (bicyclic) bond motifs is 1. The van der Waals surface area contributed by atoms with Crippen molar-refractivity contribution in [2.75, 3.05) is 13.2 Å². The van der Waals surface area contributed by atoms with Crippen molar-refractivity contribution >= 4 is 28.6 Å². The zero-order valence-corrected chi connectivity index (χ0v) is 25.1. The summed E-state index contributed by atoms with van der Waals surface area (Å²) in [6.45, 7) is 4.97. The highest BCUT2D eigenvalue weighted by atomic mass is 35.5. The molecule has 1 aliphatic heterocycles. The van der Waals surface area contributed by atoms with Crippen molar-refractivity contribution in [3.63, 3.8) is 0 Å². The van der Waals surface area contributed by atoms with Gasteiger partial charge in [-0.3, -0.25) is 0 Å². The second kappa shape index (κ2) is 11.9. The molecule has 1 saturated heterocycles. The first-order valence-electron chi connectivity index (χ1n) is 14.1. The number of pyridine rings is 1. The number of aromatic carboxylic acids is 1. The minimum Gasteiger partial charge on any atom is -0.478 e. The van der Waals surface area contributed by atoms with Gasteiger partial charge >= 0.3 is 5.97 Å². The predicted molar refractivity (Wildman–Crippen MR) is 163 cm³/mol. The molecular weight excluding hydrogens is 602 g/mol. The van der Waals surface area contributed by atoms with Gasteiger partial charge in [0.2, 0.25) is 5.88 Å². The van der Waals surface area contributed by atoms with Gasteiger partial charge in [0.25, 0.3) is 0 Å². The quantitative estimate of drug-likeness (QED) is 0.191. The molecule has 45 heavy (non-hydrogen) atoms. The molecule has 228 valence electrons. The lowest BCUT2D eigenvalue weighted by molar-refractivity contribution is 0.0697. The van der Waals surface area contributed by atoms with E-state index < -0.39 is 17.6 Å². The van der Waals surface area contributed by atoms with E-state index in [4.69, 9.17) is 31.3 Å². The topological polar surface area (TPSA) is 110 Å². The fraction of sp³-hybridized carbons (Fsp3) is 0.235. The highest BCUT2D eigenvalue weighted by molar-refractivity contribution is 6.31. The van der Waals surface area contributed by atoms with Gasteiger partial charge in [-0.15, -0.1) is 0 Å². The number of carboxylic acid groups (broad SMARTS) is 1. The number of benzene rings is 3. The number of hydrogen-bond acceptors (Lipinski definition) is 6. The zero-order chi connectivity index (χ0) is 31.9. The number of imidazole rings is 1. The third kappa shape index (κ3) is 5.97. The highest BCUT2D eigenvalue weighted by Gasteiger charge is 2.39. The lowest BCUT2D eigenvalue weighted by Gasteiger charge is -2.28. The Morgan fingerprint density at radius 1 is 1.11 bits per heavy atom. The SMILES string of the molecule is CC1(C)COC[C@H]1n1c(Cc2cc(F)c(-c3cccc(OCc4ccc(C#N)cc4F)n3)cc2Cl)nc2ccc(C(=O)O)cc21. The molecule has 1 fully saturated rings. The maximum absolute atomic E-state index is 15.7. The van der Waals surface area contributed by atoms with E-state index in [9.17, 15) is 14.3 Å². The first-order chi connectivity index (χ1) is 21.5. The summed E-state index contributed by atoms with van der Waals surface area (Å²) in [5, 5.41) is 18.8. The van der Waals surface area contributed by atoms with E-state index in [2.05, 4.69) is 18.8 Å². The molecule has 0 radical (unpaired) electrons. The fourth-order valence-corrected chi connectivity index (χ4v) is 5.78. The number of rotatable bonds is 8. The number of ether oxygens (including phenoxy) is 2. The predicted octanol–water partition coefficient (Wildman–Crippen LogP) is 7.37. The Kier molecular flexibility index (Phi) is 7.99. The highest BCUT2D eigenvalue weighted by Crippen LogP contribution is 2.41. The normalized spacial score (nSPS) is 15.7. The maximum atomic E-state index is 15.7. The molecule has 11 heteroatoms. The molecule has 8 nitrogen and oxygen atoms in total. The Morgan fingerprint density at radius 3 is 2.64 bits per heavy atom. The number of carbonyl (C=O) groups is 1. The van der Waals surface area contributed by atoms with E-state index in [0.717, 1.165) is 6.07 Å². The fourth-order valence-electron chi connectivity index (χ4n) is 5.55. The van der Waals surface area contributed by atoms with Crippen LogP contribution >= 0.6 is 11.6 Å². The Bertz CT molecular complexity index is 2000. The van der Waals surface area contributed by atoms with Crippen molar-refractivity contribution in [1.82, 2.24) is 14.5 Å². The monoisotopic (exact) mass is 628 g/mol. The molecule has 1 N–H and O–H groups in total. The third-order valence-corrected chi connectivity index (χ3v) is 8.37. The van der Waals surface area contributed by atoms with Crippen molar-refractivity contribution in [2.24, 2.45) is 5.41 Å². The molecule has 2 aromatic heterocycles. The standard InChI is InChI=1S/C34H27ClF2N4O4/c1-34(2)18-44-17-30(34)41-29-12-20(33(42)43)8-9-28(29)39-31(41)13-22-11-26(37)23(14-24(22)35)27-4-3-5-32(40-27)45-16-21-7-6-19(15-38)10-25(21)36/h3-12,14,30H,13,16-18H2,1-2H3,(H,42,43)/t30-/m1/s1. The van der Waals surface area contributed by atoms with Gasteiger partial charge in [-0.25, -0.2) is 23.5 Å². The molecule has 3 heterocycles. The lowest BCUT2D eigenvalue weighted by Crippen LogP contribution is -2.27. The van der Waals surface area contributed by atoms with Crippen molar-refractivity contribution in [3.05, 3.63) is 111 Å². The molecule has 0 spiro atoms. The van der Waals surface area contributed by atoms with Crippen LogP contribution in [0, 0.1) is 28.4 Å². The van der Waals surface area contributed by atoms with Crippen LogP contribution in [0.15, 0.2) is 66.7 Å². The van der Waals surface area contributed by atoms with Crippen LogP contribution in [-0.2, 0) is 17.8 Å². The number of nitriles is 1. The first-order valence-corrected chi connectivity index (χ1v) is 14.5. The Morgan fingerprint density at radius 2 is 1.93 bits per heavy atom. The Balaban J connectivity index is 1.30. The summed E-state index contributed by atoms with van der Waals surface area (Å²) in [7, 11) is 0. The van der Waals surface area contributed by atoms with Crippen molar-refractivity contribution in [2.45, 2.75) is 32.9 Å². The molecule has 1 aliphatic rings. The molecule has 0 bridgehead atoms. The number of halogens is 3. The van der Waals surface area contributed by atoms with E-state index in [-0.39, 0.29) is 58.3 Å². The molecule has 0 amide bonds. The van der Waals surface area contributed by atoms with E-state index in [0.29, 0.717) is 40.7 Å². The molecule has 0 saturated carbocycles. The summed E-state index contributed by atoms with van der Waals surface area (Å²) in [6, 6.07) is 18.3.